The molecule has 0 bridgehead atoms. The van der Waals surface area contributed by atoms with Gasteiger partial charge in [-0.05, 0) is 41.8 Å². The summed E-state index contributed by atoms with van der Waals surface area (Å²) in [5, 5.41) is 6.57. The molecule has 2 heterocycles. The van der Waals surface area contributed by atoms with Crippen molar-refractivity contribution in [1.82, 2.24) is 14.8 Å². The summed E-state index contributed by atoms with van der Waals surface area (Å²) in [6, 6.07) is 10.6. The van der Waals surface area contributed by atoms with E-state index in [0.717, 1.165) is 15.8 Å². The molecule has 0 saturated heterocycles. The van der Waals surface area contributed by atoms with Crippen LogP contribution in [-0.2, 0) is 13.5 Å². The number of aryl methyl sites for hydroxylation is 1. The Labute approximate surface area is 153 Å². The van der Waals surface area contributed by atoms with Gasteiger partial charge < -0.3 is 5.32 Å². The van der Waals surface area contributed by atoms with E-state index >= 15 is 0 Å². The largest absolute Gasteiger partial charge is 0.305 e. The highest BCUT2D eigenvalue weighted by Gasteiger charge is 2.10. The van der Waals surface area contributed by atoms with Crippen LogP contribution in [0.4, 0.5) is 10.2 Å². The fourth-order valence-corrected chi connectivity index (χ4v) is 2.50. The predicted molar refractivity (Wildman–Crippen MR) is 95.9 cm³/mol. The first kappa shape index (κ1) is 17.8. The summed E-state index contributed by atoms with van der Waals surface area (Å²) >= 11 is 5.78. The average Bonchev–Trinajstić information content (AvgIpc) is 2.62. The van der Waals surface area contributed by atoms with Crippen molar-refractivity contribution in [2.75, 3.05) is 5.32 Å². The molecule has 132 valence electrons. The zero-order valence-electron chi connectivity index (χ0n) is 13.7. The number of anilines is 1. The first-order chi connectivity index (χ1) is 12.4. The quantitative estimate of drug-likeness (QED) is 0.764. The fraction of sp³-hybridized carbons (Fsp3) is 0.111. The maximum absolute atomic E-state index is 13.2. The summed E-state index contributed by atoms with van der Waals surface area (Å²) in [6.07, 6.45) is 2.14. The highest BCUT2D eigenvalue weighted by molar-refractivity contribution is 6.30. The second-order valence-corrected chi connectivity index (χ2v) is 6.02. The van der Waals surface area contributed by atoms with Gasteiger partial charge in [0.1, 0.15) is 17.3 Å². The first-order valence-corrected chi connectivity index (χ1v) is 8.05. The predicted octanol–water partition coefficient (Wildman–Crippen LogP) is 2.81. The van der Waals surface area contributed by atoms with E-state index in [2.05, 4.69) is 15.4 Å². The number of rotatable bonds is 4. The summed E-state index contributed by atoms with van der Waals surface area (Å²) in [5.41, 5.74) is 1.54. The van der Waals surface area contributed by atoms with Crippen LogP contribution < -0.4 is 10.9 Å². The molecule has 0 aliphatic carbocycles. The molecular formula is C18H14ClFN4O2. The highest BCUT2D eigenvalue weighted by atomic mass is 35.5. The van der Waals surface area contributed by atoms with Crippen molar-refractivity contribution < 1.29 is 9.18 Å². The number of carbonyl (C=O) groups is 1. The van der Waals surface area contributed by atoms with Crippen LogP contribution in [0, 0.1) is 5.82 Å². The number of carbonyl (C=O) groups excluding carboxylic acids is 1. The molecule has 0 radical (unpaired) electrons. The van der Waals surface area contributed by atoms with E-state index in [1.54, 1.807) is 30.5 Å². The van der Waals surface area contributed by atoms with Crippen LogP contribution >= 0.6 is 11.6 Å². The van der Waals surface area contributed by atoms with Crippen LogP contribution in [0.1, 0.15) is 21.6 Å². The van der Waals surface area contributed by atoms with E-state index in [-0.39, 0.29) is 16.3 Å². The van der Waals surface area contributed by atoms with E-state index < -0.39 is 11.7 Å². The second-order valence-electron chi connectivity index (χ2n) is 5.61. The maximum Gasteiger partial charge on any atom is 0.277 e. The maximum atomic E-state index is 13.2. The Balaban J connectivity index is 1.68. The molecule has 2 aromatic heterocycles. The second kappa shape index (κ2) is 7.45. The van der Waals surface area contributed by atoms with Crippen LogP contribution in [0.5, 0.6) is 0 Å². The van der Waals surface area contributed by atoms with E-state index in [9.17, 15) is 14.0 Å². The van der Waals surface area contributed by atoms with E-state index in [1.165, 1.54) is 25.2 Å². The molecule has 0 atom stereocenters. The highest BCUT2D eigenvalue weighted by Crippen LogP contribution is 2.18. The van der Waals surface area contributed by atoms with Crippen molar-refractivity contribution in [2.24, 2.45) is 7.05 Å². The molecule has 1 N–H and O–H groups in total. The van der Waals surface area contributed by atoms with Gasteiger partial charge >= 0.3 is 0 Å². The summed E-state index contributed by atoms with van der Waals surface area (Å²) in [5.74, 6) is -0.573. The number of amides is 1. The minimum absolute atomic E-state index is 0.0732. The van der Waals surface area contributed by atoms with E-state index in [4.69, 9.17) is 11.6 Å². The zero-order chi connectivity index (χ0) is 18.7. The van der Waals surface area contributed by atoms with Gasteiger partial charge in [-0.25, -0.2) is 14.1 Å². The molecule has 26 heavy (non-hydrogen) atoms. The molecule has 0 spiro atoms. The third-order valence-electron chi connectivity index (χ3n) is 3.65. The van der Waals surface area contributed by atoms with E-state index in [0.29, 0.717) is 12.2 Å². The number of hydrogen-bond acceptors (Lipinski definition) is 4. The fourth-order valence-electron chi connectivity index (χ4n) is 2.29. The number of halogens is 2. The van der Waals surface area contributed by atoms with Gasteiger partial charge in [-0.1, -0.05) is 23.7 Å². The lowest BCUT2D eigenvalue weighted by Crippen LogP contribution is -2.23. The molecule has 0 saturated carbocycles. The number of pyridine rings is 1. The normalized spacial score (nSPS) is 10.6. The number of hydrogen-bond donors (Lipinski definition) is 1. The van der Waals surface area contributed by atoms with Crippen LogP contribution in [0.25, 0.3) is 0 Å². The van der Waals surface area contributed by atoms with Crippen molar-refractivity contribution in [3.63, 3.8) is 0 Å². The molecule has 6 nitrogen and oxygen atoms in total. The van der Waals surface area contributed by atoms with Gasteiger partial charge in [0.05, 0.1) is 5.02 Å². The monoisotopic (exact) mass is 372 g/mol. The number of nitrogens with one attached hydrogen (secondary N) is 1. The number of aromatic nitrogens is 3. The lowest BCUT2D eigenvalue weighted by molar-refractivity contribution is 0.101. The van der Waals surface area contributed by atoms with Crippen LogP contribution in [0.2, 0.25) is 5.02 Å². The van der Waals surface area contributed by atoms with Gasteiger partial charge in [0.15, 0.2) is 0 Å². The summed E-state index contributed by atoms with van der Waals surface area (Å²) in [4.78, 5) is 27.6. The molecule has 3 rings (SSSR count). The van der Waals surface area contributed by atoms with Crippen molar-refractivity contribution in [2.45, 2.75) is 6.42 Å². The Morgan fingerprint density at radius 2 is 1.96 bits per heavy atom. The van der Waals surface area contributed by atoms with Gasteiger partial charge in [0.25, 0.3) is 11.5 Å². The van der Waals surface area contributed by atoms with Crippen molar-refractivity contribution in [3.05, 3.63) is 86.7 Å². The molecule has 0 unspecified atom stereocenters. The lowest BCUT2D eigenvalue weighted by atomic mass is 10.1. The summed E-state index contributed by atoms with van der Waals surface area (Å²) < 4.78 is 14.3. The van der Waals surface area contributed by atoms with Gasteiger partial charge in [-0.15, -0.1) is 0 Å². The van der Waals surface area contributed by atoms with Crippen LogP contribution in [0.15, 0.2) is 53.5 Å². The molecule has 3 aromatic rings. The Morgan fingerprint density at radius 1 is 1.19 bits per heavy atom. The third kappa shape index (κ3) is 4.12. The molecule has 0 aliphatic heterocycles. The minimum atomic E-state index is -0.467. The van der Waals surface area contributed by atoms with E-state index in [1.807, 2.05) is 0 Å². The molecule has 1 amide bonds. The average molecular weight is 373 g/mol. The zero-order valence-corrected chi connectivity index (χ0v) is 14.5. The summed E-state index contributed by atoms with van der Waals surface area (Å²) in [6.45, 7) is 0. The molecular weight excluding hydrogens is 359 g/mol. The van der Waals surface area contributed by atoms with Gasteiger partial charge in [0, 0.05) is 19.3 Å². The van der Waals surface area contributed by atoms with Crippen molar-refractivity contribution >= 4 is 23.3 Å². The Hall–Kier alpha value is -3.06. The van der Waals surface area contributed by atoms with Crippen LogP contribution in [0.3, 0.4) is 0 Å². The third-order valence-corrected chi connectivity index (χ3v) is 3.94. The van der Waals surface area contributed by atoms with Crippen molar-refractivity contribution in [1.29, 1.82) is 0 Å². The molecule has 0 fully saturated rings. The molecule has 8 heteroatoms. The van der Waals surface area contributed by atoms with Crippen LogP contribution in [-0.4, -0.2) is 20.7 Å². The van der Waals surface area contributed by atoms with Gasteiger partial charge in [-0.3, -0.25) is 9.59 Å². The number of nitrogens with zero attached hydrogens (tertiary/aromatic N) is 3. The molecule has 1 aromatic carbocycles. The smallest absolute Gasteiger partial charge is 0.277 e. The Kier molecular flexibility index (Phi) is 5.09. The standard InChI is InChI=1S/C18H14ClFN4O2/c1-24-17(25)7-5-15(23-24)18(26)22-16-6-3-12(10-21-16)8-11-2-4-14(20)13(19)9-11/h2-7,9-10H,8H2,1H3,(H,21,22,26). The Morgan fingerprint density at radius 3 is 2.62 bits per heavy atom. The van der Waals surface area contributed by atoms with Gasteiger partial charge in [0.2, 0.25) is 0 Å². The minimum Gasteiger partial charge on any atom is -0.305 e. The lowest BCUT2D eigenvalue weighted by Gasteiger charge is -2.07. The number of benzene rings is 1. The van der Waals surface area contributed by atoms with Gasteiger partial charge in [-0.2, -0.15) is 5.10 Å². The van der Waals surface area contributed by atoms with Crippen molar-refractivity contribution in [3.8, 4) is 0 Å². The topological polar surface area (TPSA) is 76.9 Å². The Bertz CT molecular complexity index is 1020. The SMILES string of the molecule is Cn1nc(C(=O)Nc2ccc(Cc3ccc(F)c(Cl)c3)cn2)ccc1=O. The summed E-state index contributed by atoms with van der Waals surface area (Å²) in [7, 11) is 1.47. The first-order valence-electron chi connectivity index (χ1n) is 7.67. The molecule has 0 aliphatic rings.